The summed E-state index contributed by atoms with van der Waals surface area (Å²) in [5.74, 6) is -0.865. The third kappa shape index (κ3) is 6.53. The Bertz CT molecular complexity index is 897. The molecule has 2 aromatic rings. The van der Waals surface area contributed by atoms with E-state index in [4.69, 9.17) is 0 Å². The van der Waals surface area contributed by atoms with Crippen molar-refractivity contribution in [1.29, 1.82) is 0 Å². The van der Waals surface area contributed by atoms with Crippen LogP contribution in [-0.4, -0.2) is 59.9 Å². The molecule has 0 radical (unpaired) electrons. The third-order valence-electron chi connectivity index (χ3n) is 5.19. The van der Waals surface area contributed by atoms with Crippen molar-refractivity contribution in [3.63, 3.8) is 0 Å². The van der Waals surface area contributed by atoms with E-state index in [0.29, 0.717) is 32.7 Å². The topological polar surface area (TPSA) is 81.8 Å². The lowest BCUT2D eigenvalue weighted by Gasteiger charge is -2.36. The van der Waals surface area contributed by atoms with Crippen LogP contribution in [0.3, 0.4) is 0 Å². The molecule has 8 heteroatoms. The SMILES string of the molecule is CC(=O)N[C@@H](Cc1ccc(F)cc1)C(=O)N1CCN(C(=O)NCc2ccccc2)CC1. The van der Waals surface area contributed by atoms with E-state index < -0.39 is 6.04 Å². The molecule has 1 atom stereocenters. The monoisotopic (exact) mass is 426 g/mol. The Morgan fingerprint density at radius 3 is 2.13 bits per heavy atom. The lowest BCUT2D eigenvalue weighted by molar-refractivity contribution is -0.137. The minimum absolute atomic E-state index is 0.166. The van der Waals surface area contributed by atoms with Crippen LogP contribution in [0.4, 0.5) is 9.18 Å². The molecule has 1 aliphatic rings. The first-order valence-electron chi connectivity index (χ1n) is 10.3. The van der Waals surface area contributed by atoms with Crippen molar-refractivity contribution in [2.24, 2.45) is 0 Å². The molecule has 1 fully saturated rings. The number of carbonyl (C=O) groups excluding carboxylic acids is 3. The lowest BCUT2D eigenvalue weighted by Crippen LogP contribution is -2.57. The number of hydrogen-bond acceptors (Lipinski definition) is 3. The van der Waals surface area contributed by atoms with E-state index in [2.05, 4.69) is 10.6 Å². The first-order chi connectivity index (χ1) is 14.9. The second kappa shape index (κ2) is 10.6. The van der Waals surface area contributed by atoms with Crippen LogP contribution in [0.2, 0.25) is 0 Å². The Morgan fingerprint density at radius 2 is 1.52 bits per heavy atom. The van der Waals surface area contributed by atoms with Crippen molar-refractivity contribution < 1.29 is 18.8 Å². The van der Waals surface area contributed by atoms with Crippen LogP contribution in [0, 0.1) is 5.82 Å². The van der Waals surface area contributed by atoms with Crippen LogP contribution in [0.5, 0.6) is 0 Å². The van der Waals surface area contributed by atoms with E-state index in [1.165, 1.54) is 19.1 Å². The van der Waals surface area contributed by atoms with E-state index in [1.54, 1.807) is 21.9 Å². The fourth-order valence-corrected chi connectivity index (χ4v) is 3.54. The molecule has 0 spiro atoms. The highest BCUT2D eigenvalue weighted by Gasteiger charge is 2.29. The van der Waals surface area contributed by atoms with Gasteiger partial charge in [-0.3, -0.25) is 9.59 Å². The average Bonchev–Trinajstić information content (AvgIpc) is 2.78. The van der Waals surface area contributed by atoms with Gasteiger partial charge >= 0.3 is 6.03 Å². The number of rotatable bonds is 6. The summed E-state index contributed by atoms with van der Waals surface area (Å²) in [5, 5.41) is 5.59. The van der Waals surface area contributed by atoms with Crippen LogP contribution < -0.4 is 10.6 Å². The number of piperazine rings is 1. The molecule has 2 aromatic carbocycles. The summed E-state index contributed by atoms with van der Waals surface area (Å²) < 4.78 is 13.2. The van der Waals surface area contributed by atoms with Gasteiger partial charge < -0.3 is 20.4 Å². The fraction of sp³-hybridized carbons (Fsp3) is 0.348. The summed E-state index contributed by atoms with van der Waals surface area (Å²) in [6, 6.07) is 14.6. The van der Waals surface area contributed by atoms with Gasteiger partial charge in [0.1, 0.15) is 11.9 Å². The second-order valence-corrected chi connectivity index (χ2v) is 7.54. The molecule has 31 heavy (non-hydrogen) atoms. The summed E-state index contributed by atoms with van der Waals surface area (Å²) in [6.45, 7) is 3.40. The molecule has 0 saturated carbocycles. The Kier molecular flexibility index (Phi) is 7.59. The molecule has 0 aromatic heterocycles. The van der Waals surface area contributed by atoms with Gasteiger partial charge in [0.25, 0.3) is 0 Å². The van der Waals surface area contributed by atoms with Gasteiger partial charge in [-0.2, -0.15) is 0 Å². The first-order valence-corrected chi connectivity index (χ1v) is 10.3. The van der Waals surface area contributed by atoms with Crippen molar-refractivity contribution in [3.05, 3.63) is 71.5 Å². The van der Waals surface area contributed by atoms with Crippen molar-refractivity contribution in [3.8, 4) is 0 Å². The number of benzene rings is 2. The number of hydrogen-bond donors (Lipinski definition) is 2. The summed E-state index contributed by atoms with van der Waals surface area (Å²) in [5.41, 5.74) is 1.77. The molecule has 0 unspecified atom stereocenters. The molecule has 3 rings (SSSR count). The normalized spacial score (nSPS) is 14.6. The van der Waals surface area contributed by atoms with Crippen LogP contribution in [0.1, 0.15) is 18.1 Å². The minimum atomic E-state index is -0.735. The molecule has 4 amide bonds. The zero-order chi connectivity index (χ0) is 22.2. The third-order valence-corrected chi connectivity index (χ3v) is 5.19. The van der Waals surface area contributed by atoms with E-state index in [0.717, 1.165) is 11.1 Å². The first kappa shape index (κ1) is 22.3. The largest absolute Gasteiger partial charge is 0.344 e. The quantitative estimate of drug-likeness (QED) is 0.741. The molecule has 7 nitrogen and oxygen atoms in total. The van der Waals surface area contributed by atoms with Gasteiger partial charge in [-0.15, -0.1) is 0 Å². The zero-order valence-electron chi connectivity index (χ0n) is 17.5. The van der Waals surface area contributed by atoms with Gasteiger partial charge in [0, 0.05) is 46.1 Å². The van der Waals surface area contributed by atoms with Crippen molar-refractivity contribution in [2.75, 3.05) is 26.2 Å². The zero-order valence-corrected chi connectivity index (χ0v) is 17.5. The molecule has 0 bridgehead atoms. The summed E-state index contributed by atoms with van der Waals surface area (Å²) in [4.78, 5) is 40.4. The Hall–Kier alpha value is -3.42. The number of halogens is 1. The molecular formula is C23H27FN4O3. The van der Waals surface area contributed by atoms with Gasteiger partial charge in [-0.05, 0) is 23.3 Å². The summed E-state index contributed by atoms with van der Waals surface area (Å²) in [7, 11) is 0. The van der Waals surface area contributed by atoms with Crippen LogP contribution >= 0.6 is 0 Å². The van der Waals surface area contributed by atoms with Crippen molar-refractivity contribution >= 4 is 17.8 Å². The smallest absolute Gasteiger partial charge is 0.317 e. The van der Waals surface area contributed by atoms with Crippen molar-refractivity contribution in [2.45, 2.75) is 25.9 Å². The molecule has 0 aliphatic carbocycles. The number of carbonyl (C=O) groups is 3. The van der Waals surface area contributed by atoms with E-state index in [-0.39, 0.29) is 30.1 Å². The number of amides is 4. The van der Waals surface area contributed by atoms with Crippen LogP contribution in [0.15, 0.2) is 54.6 Å². The Balaban J connectivity index is 1.53. The number of urea groups is 1. The summed E-state index contributed by atoms with van der Waals surface area (Å²) in [6.07, 6.45) is 0.274. The van der Waals surface area contributed by atoms with Gasteiger partial charge in [-0.25, -0.2) is 9.18 Å². The number of nitrogens with zero attached hydrogens (tertiary/aromatic N) is 2. The lowest BCUT2D eigenvalue weighted by atomic mass is 10.0. The highest BCUT2D eigenvalue weighted by atomic mass is 19.1. The predicted octanol–water partition coefficient (Wildman–Crippen LogP) is 1.93. The molecular weight excluding hydrogens is 399 g/mol. The highest BCUT2D eigenvalue weighted by molar-refractivity contribution is 5.87. The average molecular weight is 426 g/mol. The maximum Gasteiger partial charge on any atom is 0.317 e. The standard InChI is InChI=1S/C23H27FN4O3/c1-17(29)26-21(15-18-7-9-20(24)10-8-18)22(30)27-11-13-28(14-12-27)23(31)25-16-19-5-3-2-4-6-19/h2-10,21H,11-16H2,1H3,(H,25,31)(H,26,29)/t21-/m0/s1. The molecule has 1 aliphatic heterocycles. The maximum atomic E-state index is 13.2. The minimum Gasteiger partial charge on any atom is -0.344 e. The maximum absolute atomic E-state index is 13.2. The molecule has 164 valence electrons. The molecule has 2 N–H and O–H groups in total. The second-order valence-electron chi connectivity index (χ2n) is 7.54. The van der Waals surface area contributed by atoms with Crippen LogP contribution in [-0.2, 0) is 22.6 Å². The van der Waals surface area contributed by atoms with Gasteiger partial charge in [-0.1, -0.05) is 42.5 Å². The predicted molar refractivity (Wildman–Crippen MR) is 115 cm³/mol. The van der Waals surface area contributed by atoms with Crippen LogP contribution in [0.25, 0.3) is 0 Å². The Morgan fingerprint density at radius 1 is 0.903 bits per heavy atom. The number of nitrogens with one attached hydrogen (secondary N) is 2. The highest BCUT2D eigenvalue weighted by Crippen LogP contribution is 2.11. The molecule has 1 saturated heterocycles. The fourth-order valence-electron chi connectivity index (χ4n) is 3.54. The van der Waals surface area contributed by atoms with E-state index in [9.17, 15) is 18.8 Å². The van der Waals surface area contributed by atoms with E-state index >= 15 is 0 Å². The van der Waals surface area contributed by atoms with E-state index in [1.807, 2.05) is 30.3 Å². The van der Waals surface area contributed by atoms with Gasteiger partial charge in [0.2, 0.25) is 11.8 Å². The van der Waals surface area contributed by atoms with Gasteiger partial charge in [0.05, 0.1) is 0 Å². The molecule has 1 heterocycles. The summed E-state index contributed by atoms with van der Waals surface area (Å²) >= 11 is 0. The Labute approximate surface area is 181 Å². The van der Waals surface area contributed by atoms with Crippen molar-refractivity contribution in [1.82, 2.24) is 20.4 Å². The van der Waals surface area contributed by atoms with Gasteiger partial charge in [0.15, 0.2) is 0 Å².